The van der Waals surface area contributed by atoms with Gasteiger partial charge in [0.2, 0.25) is 10.0 Å². The molecular weight excluding hydrogens is 302 g/mol. The third-order valence-electron chi connectivity index (χ3n) is 3.33. The van der Waals surface area contributed by atoms with Crippen molar-refractivity contribution in [3.63, 3.8) is 0 Å². The molecule has 1 heterocycles. The maximum atomic E-state index is 11.6. The molecule has 112 valence electrons. The van der Waals surface area contributed by atoms with Gasteiger partial charge in [0.05, 0.1) is 22.9 Å². The smallest absolute Gasteiger partial charge is 0.240 e. The Kier molecular flexibility index (Phi) is 3.69. The Labute approximate surface area is 118 Å². The second kappa shape index (κ2) is 4.90. The third-order valence-corrected chi connectivity index (χ3v) is 6.09. The number of hydrogen-bond acceptors (Lipinski definition) is 6. The molecule has 7 nitrogen and oxygen atoms in total. The van der Waals surface area contributed by atoms with E-state index in [2.05, 4.69) is 0 Å². The van der Waals surface area contributed by atoms with E-state index in [1.165, 1.54) is 6.07 Å². The minimum atomic E-state index is -3.90. The zero-order valence-corrected chi connectivity index (χ0v) is 12.6. The Balaban J connectivity index is 2.45. The summed E-state index contributed by atoms with van der Waals surface area (Å²) in [5, 5.41) is 5.11. The van der Waals surface area contributed by atoms with E-state index in [9.17, 15) is 16.8 Å². The topological polar surface area (TPSA) is 124 Å². The van der Waals surface area contributed by atoms with Crippen LogP contribution in [0.3, 0.4) is 0 Å². The number of sulfonamides is 1. The molecule has 1 aliphatic rings. The summed E-state index contributed by atoms with van der Waals surface area (Å²) in [6.07, 6.45) is 0. The summed E-state index contributed by atoms with van der Waals surface area (Å²) in [6, 6.07) is 4.27. The average Bonchev–Trinajstić information content (AvgIpc) is 2.27. The van der Waals surface area contributed by atoms with Gasteiger partial charge in [-0.15, -0.1) is 0 Å². The first-order chi connectivity index (χ1) is 9.12. The lowest BCUT2D eigenvalue weighted by molar-refractivity contribution is 0.568. The van der Waals surface area contributed by atoms with E-state index in [1.54, 1.807) is 24.0 Å². The van der Waals surface area contributed by atoms with Gasteiger partial charge in [-0.3, -0.25) is 0 Å². The average molecular weight is 319 g/mol. The maximum Gasteiger partial charge on any atom is 0.240 e. The molecule has 1 fully saturated rings. The lowest BCUT2D eigenvalue weighted by atomic mass is 10.2. The SMILES string of the molecule is CC1CS(=O)(=O)CCN1c1cccc(S(N)(=O)=O)c1N. The molecule has 0 aliphatic carbocycles. The Hall–Kier alpha value is -1.32. The van der Waals surface area contributed by atoms with Crippen LogP contribution in [0.1, 0.15) is 6.92 Å². The summed E-state index contributed by atoms with van der Waals surface area (Å²) >= 11 is 0. The van der Waals surface area contributed by atoms with Gasteiger partial charge in [-0.1, -0.05) is 6.07 Å². The van der Waals surface area contributed by atoms with E-state index >= 15 is 0 Å². The molecule has 20 heavy (non-hydrogen) atoms. The van der Waals surface area contributed by atoms with Crippen molar-refractivity contribution in [1.29, 1.82) is 0 Å². The van der Waals surface area contributed by atoms with Crippen molar-refractivity contribution in [1.82, 2.24) is 0 Å². The van der Waals surface area contributed by atoms with Crippen molar-refractivity contribution in [2.24, 2.45) is 5.14 Å². The van der Waals surface area contributed by atoms with Crippen LogP contribution in [0.25, 0.3) is 0 Å². The molecule has 1 aromatic carbocycles. The first kappa shape index (κ1) is 15.1. The minimum Gasteiger partial charge on any atom is -0.396 e. The van der Waals surface area contributed by atoms with Crippen LogP contribution in [0.4, 0.5) is 11.4 Å². The summed E-state index contributed by atoms with van der Waals surface area (Å²) in [5.74, 6) is 0.0441. The molecule has 1 aromatic rings. The second-order valence-corrected chi connectivity index (χ2v) is 8.65. The van der Waals surface area contributed by atoms with Crippen molar-refractivity contribution in [3.8, 4) is 0 Å². The molecule has 0 saturated carbocycles. The summed E-state index contributed by atoms with van der Waals surface area (Å²) < 4.78 is 46.1. The largest absolute Gasteiger partial charge is 0.396 e. The van der Waals surface area contributed by atoms with E-state index < -0.39 is 19.9 Å². The molecule has 0 bridgehead atoms. The molecule has 0 amide bonds. The van der Waals surface area contributed by atoms with Crippen molar-refractivity contribution < 1.29 is 16.8 Å². The number of nitrogens with zero attached hydrogens (tertiary/aromatic N) is 1. The molecule has 0 radical (unpaired) electrons. The van der Waals surface area contributed by atoms with Gasteiger partial charge in [-0.05, 0) is 19.1 Å². The van der Waals surface area contributed by atoms with Crippen molar-refractivity contribution in [2.75, 3.05) is 28.7 Å². The number of primary sulfonamides is 1. The number of benzene rings is 1. The van der Waals surface area contributed by atoms with Gasteiger partial charge in [-0.2, -0.15) is 0 Å². The summed E-state index contributed by atoms with van der Waals surface area (Å²) in [7, 11) is -6.95. The summed E-state index contributed by atoms with van der Waals surface area (Å²) in [4.78, 5) is 1.65. The zero-order chi connectivity index (χ0) is 15.1. The highest BCUT2D eigenvalue weighted by Crippen LogP contribution is 2.31. The van der Waals surface area contributed by atoms with Gasteiger partial charge >= 0.3 is 0 Å². The molecule has 4 N–H and O–H groups in total. The molecule has 9 heteroatoms. The number of sulfone groups is 1. The minimum absolute atomic E-state index is 0.0199. The van der Waals surface area contributed by atoms with Crippen LogP contribution in [-0.2, 0) is 19.9 Å². The zero-order valence-electron chi connectivity index (χ0n) is 11.0. The Morgan fingerprint density at radius 2 is 2.00 bits per heavy atom. The highest BCUT2D eigenvalue weighted by molar-refractivity contribution is 7.91. The lowest BCUT2D eigenvalue weighted by Crippen LogP contribution is -2.47. The molecule has 1 unspecified atom stereocenters. The van der Waals surface area contributed by atoms with Gasteiger partial charge < -0.3 is 10.6 Å². The van der Waals surface area contributed by atoms with Crippen LogP contribution in [-0.4, -0.2) is 40.9 Å². The van der Waals surface area contributed by atoms with Gasteiger partial charge in [-0.25, -0.2) is 22.0 Å². The second-order valence-electron chi connectivity index (χ2n) is 4.89. The fourth-order valence-corrected chi connectivity index (χ4v) is 4.62. The van der Waals surface area contributed by atoms with Crippen LogP contribution in [0.15, 0.2) is 23.1 Å². The molecule has 1 aliphatic heterocycles. The van der Waals surface area contributed by atoms with Crippen LogP contribution >= 0.6 is 0 Å². The van der Waals surface area contributed by atoms with E-state index in [-0.39, 0.29) is 34.7 Å². The van der Waals surface area contributed by atoms with Crippen LogP contribution in [0.2, 0.25) is 0 Å². The maximum absolute atomic E-state index is 11.6. The molecule has 0 aromatic heterocycles. The molecule has 1 atom stereocenters. The highest BCUT2D eigenvalue weighted by atomic mass is 32.2. The van der Waals surface area contributed by atoms with E-state index in [4.69, 9.17) is 10.9 Å². The number of nitrogens with two attached hydrogens (primary N) is 2. The fraction of sp³-hybridized carbons (Fsp3) is 0.455. The number of anilines is 2. The predicted molar refractivity (Wildman–Crippen MR) is 77.7 cm³/mol. The highest BCUT2D eigenvalue weighted by Gasteiger charge is 2.30. The summed E-state index contributed by atoms with van der Waals surface area (Å²) in [5.41, 5.74) is 6.44. The van der Waals surface area contributed by atoms with Gasteiger partial charge in [0.15, 0.2) is 9.84 Å². The number of hydrogen-bond donors (Lipinski definition) is 2. The predicted octanol–water partition coefficient (Wildman–Crippen LogP) is -0.460. The number of rotatable bonds is 2. The quantitative estimate of drug-likeness (QED) is 0.711. The molecular formula is C11H17N3O4S2. The van der Waals surface area contributed by atoms with Crippen molar-refractivity contribution in [2.45, 2.75) is 17.9 Å². The van der Waals surface area contributed by atoms with Crippen LogP contribution in [0, 0.1) is 0 Å². The third kappa shape index (κ3) is 2.89. The van der Waals surface area contributed by atoms with Crippen LogP contribution in [0.5, 0.6) is 0 Å². The first-order valence-electron chi connectivity index (χ1n) is 6.00. The number of nitrogen functional groups attached to an aromatic ring is 1. The first-order valence-corrected chi connectivity index (χ1v) is 9.37. The number of para-hydroxylation sites is 1. The van der Waals surface area contributed by atoms with E-state index in [0.717, 1.165) is 0 Å². The fourth-order valence-electron chi connectivity index (χ4n) is 2.39. The van der Waals surface area contributed by atoms with Crippen LogP contribution < -0.4 is 15.8 Å². The Morgan fingerprint density at radius 3 is 2.55 bits per heavy atom. The van der Waals surface area contributed by atoms with Gasteiger partial charge in [0.25, 0.3) is 0 Å². The van der Waals surface area contributed by atoms with E-state index in [0.29, 0.717) is 5.69 Å². The lowest BCUT2D eigenvalue weighted by Gasteiger charge is -2.36. The monoisotopic (exact) mass is 319 g/mol. The van der Waals surface area contributed by atoms with Crippen molar-refractivity contribution >= 4 is 31.2 Å². The van der Waals surface area contributed by atoms with Crippen molar-refractivity contribution in [3.05, 3.63) is 18.2 Å². The summed E-state index contributed by atoms with van der Waals surface area (Å²) in [6.45, 7) is 2.04. The normalized spacial score (nSPS) is 22.7. The van der Waals surface area contributed by atoms with Gasteiger partial charge in [0, 0.05) is 12.6 Å². The standard InChI is InChI=1S/C11H17N3O4S2/c1-8-7-19(15,16)6-5-14(8)9-3-2-4-10(11(9)12)20(13,17)18/h2-4,8H,5-7,12H2,1H3,(H2,13,17,18). The Bertz CT molecular complexity index is 728. The van der Waals surface area contributed by atoms with Gasteiger partial charge in [0.1, 0.15) is 4.90 Å². The molecule has 1 saturated heterocycles. The molecule has 2 rings (SSSR count). The molecule has 0 spiro atoms. The van der Waals surface area contributed by atoms with E-state index in [1.807, 2.05) is 0 Å². The Morgan fingerprint density at radius 1 is 1.35 bits per heavy atom.